The van der Waals surface area contributed by atoms with E-state index in [-0.39, 0.29) is 0 Å². The highest BCUT2D eigenvalue weighted by Crippen LogP contribution is 2.01. The van der Waals surface area contributed by atoms with Crippen LogP contribution < -0.4 is 10.1 Å². The van der Waals surface area contributed by atoms with E-state index in [2.05, 4.69) is 27.0 Å². The van der Waals surface area contributed by atoms with Gasteiger partial charge in [-0.05, 0) is 17.8 Å². The van der Waals surface area contributed by atoms with Gasteiger partial charge in [0.05, 0.1) is 6.61 Å². The van der Waals surface area contributed by atoms with Gasteiger partial charge in [0.25, 0.3) is 0 Å². The van der Waals surface area contributed by atoms with Crippen LogP contribution in [0.5, 0.6) is 0 Å². The summed E-state index contributed by atoms with van der Waals surface area (Å²) in [6, 6.07) is 10.3. The van der Waals surface area contributed by atoms with Crippen molar-refractivity contribution < 1.29 is 4.74 Å². The van der Waals surface area contributed by atoms with Gasteiger partial charge in [0.15, 0.2) is 9.91 Å². The quantitative estimate of drug-likeness (QED) is 0.678. The molecular weight excluding hydrogens is 290 g/mol. The van der Waals surface area contributed by atoms with Gasteiger partial charge in [-0.15, -0.1) is 11.3 Å². The largest absolute Gasteiger partial charge is 0.383 e. The summed E-state index contributed by atoms with van der Waals surface area (Å²) in [7, 11) is 1.66. The number of hydrogen-bond acceptors (Lipinski definition) is 3. The number of ether oxygens (including phenoxy) is 1. The van der Waals surface area contributed by atoms with E-state index in [9.17, 15) is 0 Å². The lowest BCUT2D eigenvalue weighted by Crippen LogP contribution is -2.27. The van der Waals surface area contributed by atoms with E-state index in [0.717, 1.165) is 11.3 Å². The lowest BCUT2D eigenvalue weighted by atomic mass is 10.2. The monoisotopic (exact) mass is 307 g/mol. The number of nitrogens with one attached hydrogen (secondary N) is 1. The topological polar surface area (TPSA) is 38.5 Å². The predicted octanol–water partition coefficient (Wildman–Crippen LogP) is 2.02. The second-order valence-electron chi connectivity index (χ2n) is 4.14. The van der Waals surface area contributed by atoms with Gasteiger partial charge in [-0.2, -0.15) is 4.99 Å². The summed E-state index contributed by atoms with van der Waals surface area (Å²) in [4.78, 5) is 5.33. The van der Waals surface area contributed by atoms with E-state index in [4.69, 9.17) is 17.0 Å². The molecule has 0 aliphatic heterocycles. The summed E-state index contributed by atoms with van der Waals surface area (Å²) < 4.78 is 7.05. The number of benzene rings is 1. The third-order valence-corrected chi connectivity index (χ3v) is 3.67. The third-order valence-electron chi connectivity index (χ3n) is 2.64. The van der Waals surface area contributed by atoms with Gasteiger partial charge < -0.3 is 14.6 Å². The van der Waals surface area contributed by atoms with Gasteiger partial charge >= 0.3 is 0 Å². The van der Waals surface area contributed by atoms with Crippen LogP contribution in [0.3, 0.4) is 0 Å². The fourth-order valence-electron chi connectivity index (χ4n) is 1.67. The Labute approximate surface area is 127 Å². The third kappa shape index (κ3) is 4.56. The van der Waals surface area contributed by atoms with E-state index >= 15 is 0 Å². The van der Waals surface area contributed by atoms with Crippen molar-refractivity contribution in [1.82, 2.24) is 9.88 Å². The molecule has 0 aliphatic rings. The Morgan fingerprint density at radius 2 is 2.20 bits per heavy atom. The normalized spacial score (nSPS) is 11.6. The molecule has 0 fully saturated rings. The summed E-state index contributed by atoms with van der Waals surface area (Å²) in [6.45, 7) is 2.08. The molecule has 20 heavy (non-hydrogen) atoms. The number of thiazole rings is 1. The Balaban J connectivity index is 2.06. The molecule has 0 bridgehead atoms. The number of nitrogens with zero attached hydrogens (tertiary/aromatic N) is 2. The molecule has 106 valence electrons. The summed E-state index contributed by atoms with van der Waals surface area (Å²) in [6.07, 6.45) is 2.02. The zero-order valence-electron chi connectivity index (χ0n) is 11.3. The van der Waals surface area contributed by atoms with Crippen LogP contribution in [0.15, 0.2) is 46.9 Å². The fourth-order valence-corrected chi connectivity index (χ4v) is 2.65. The Bertz CT molecular complexity index is 604. The van der Waals surface area contributed by atoms with E-state index in [1.165, 1.54) is 5.56 Å². The maximum atomic E-state index is 5.20. The maximum absolute atomic E-state index is 5.20. The highest BCUT2D eigenvalue weighted by atomic mass is 32.1. The zero-order valence-corrected chi connectivity index (χ0v) is 12.9. The van der Waals surface area contributed by atoms with Gasteiger partial charge in [0, 0.05) is 31.8 Å². The Morgan fingerprint density at radius 3 is 2.95 bits per heavy atom. The molecule has 0 saturated carbocycles. The molecule has 6 heteroatoms. The van der Waals surface area contributed by atoms with Gasteiger partial charge in [0.1, 0.15) is 0 Å². The first-order chi connectivity index (χ1) is 9.79. The molecule has 1 aromatic heterocycles. The van der Waals surface area contributed by atoms with Crippen molar-refractivity contribution in [3.05, 3.63) is 52.3 Å². The van der Waals surface area contributed by atoms with E-state index in [0.29, 0.717) is 18.3 Å². The molecule has 0 aliphatic carbocycles. The van der Waals surface area contributed by atoms with Crippen LogP contribution in [0.4, 0.5) is 0 Å². The number of rotatable bonds is 5. The number of hydrogen-bond donors (Lipinski definition) is 1. The zero-order chi connectivity index (χ0) is 14.2. The maximum Gasteiger partial charge on any atom is 0.195 e. The second kappa shape index (κ2) is 7.94. The first-order valence-electron chi connectivity index (χ1n) is 6.29. The molecule has 1 heterocycles. The van der Waals surface area contributed by atoms with Crippen molar-refractivity contribution in [2.45, 2.75) is 6.54 Å². The standard InChI is InChI=1S/C14H17N3OS2/c1-18-9-7-15-13(19)16-14-17(8-10-20-14)11-12-5-3-2-4-6-12/h2-6,8,10H,7,9,11H2,1H3,(H,15,19)/b16-14+. The van der Waals surface area contributed by atoms with Gasteiger partial charge in [-0.1, -0.05) is 30.3 Å². The van der Waals surface area contributed by atoms with Crippen LogP contribution in [-0.2, 0) is 11.3 Å². The van der Waals surface area contributed by atoms with Crippen LogP contribution in [0.1, 0.15) is 5.56 Å². The lowest BCUT2D eigenvalue weighted by molar-refractivity contribution is 0.204. The van der Waals surface area contributed by atoms with Crippen LogP contribution >= 0.6 is 23.6 Å². The highest BCUT2D eigenvalue weighted by molar-refractivity contribution is 7.80. The minimum absolute atomic E-state index is 0.492. The van der Waals surface area contributed by atoms with Crippen molar-refractivity contribution in [1.29, 1.82) is 0 Å². The molecule has 1 N–H and O–H groups in total. The summed E-state index contributed by atoms with van der Waals surface area (Å²) in [5, 5.41) is 5.55. The molecular formula is C14H17N3OS2. The van der Waals surface area contributed by atoms with E-state index in [1.54, 1.807) is 18.4 Å². The number of thiocarbonyl (C=S) groups is 1. The highest BCUT2D eigenvalue weighted by Gasteiger charge is 1.99. The molecule has 2 rings (SSSR count). The predicted molar refractivity (Wildman–Crippen MR) is 85.9 cm³/mol. The van der Waals surface area contributed by atoms with Crippen molar-refractivity contribution in [3.63, 3.8) is 0 Å². The second-order valence-corrected chi connectivity index (χ2v) is 5.40. The van der Waals surface area contributed by atoms with Crippen LogP contribution in [-0.4, -0.2) is 29.9 Å². The first-order valence-corrected chi connectivity index (χ1v) is 7.58. The first kappa shape index (κ1) is 14.9. The van der Waals surface area contributed by atoms with Gasteiger partial charge in [-0.3, -0.25) is 0 Å². The molecule has 0 unspecified atom stereocenters. The summed E-state index contributed by atoms with van der Waals surface area (Å²) in [5.74, 6) is 0. The molecule has 0 radical (unpaired) electrons. The van der Waals surface area contributed by atoms with Crippen LogP contribution in [0, 0.1) is 0 Å². The summed E-state index contributed by atoms with van der Waals surface area (Å²) in [5.41, 5.74) is 1.24. The van der Waals surface area contributed by atoms with Crippen molar-refractivity contribution in [2.24, 2.45) is 4.99 Å². The lowest BCUT2D eigenvalue weighted by Gasteiger charge is -2.04. The molecule has 1 aromatic carbocycles. The number of aromatic nitrogens is 1. The van der Waals surface area contributed by atoms with Crippen LogP contribution in [0.25, 0.3) is 0 Å². The Morgan fingerprint density at radius 1 is 1.40 bits per heavy atom. The summed E-state index contributed by atoms with van der Waals surface area (Å²) >= 11 is 6.77. The average molecular weight is 307 g/mol. The molecule has 0 spiro atoms. The SMILES string of the molecule is COCCNC(=S)/N=c1/sccn1Cc1ccccc1. The number of methoxy groups -OCH3 is 1. The van der Waals surface area contributed by atoms with Crippen molar-refractivity contribution in [2.75, 3.05) is 20.3 Å². The molecule has 0 saturated heterocycles. The van der Waals surface area contributed by atoms with E-state index < -0.39 is 0 Å². The minimum Gasteiger partial charge on any atom is -0.383 e. The van der Waals surface area contributed by atoms with Gasteiger partial charge in [-0.25, -0.2) is 0 Å². The Hall–Kier alpha value is -1.50. The van der Waals surface area contributed by atoms with Crippen LogP contribution in [0.2, 0.25) is 0 Å². The molecule has 0 atom stereocenters. The van der Waals surface area contributed by atoms with Crippen molar-refractivity contribution >= 4 is 28.7 Å². The molecule has 0 amide bonds. The van der Waals surface area contributed by atoms with Crippen molar-refractivity contribution in [3.8, 4) is 0 Å². The molecule has 4 nitrogen and oxygen atoms in total. The average Bonchev–Trinajstić information content (AvgIpc) is 2.87. The minimum atomic E-state index is 0.492. The fraction of sp³-hybridized carbons (Fsp3) is 0.286. The van der Waals surface area contributed by atoms with E-state index in [1.807, 2.05) is 29.8 Å². The molecule has 2 aromatic rings. The Kier molecular flexibility index (Phi) is 5.91. The smallest absolute Gasteiger partial charge is 0.195 e. The van der Waals surface area contributed by atoms with Gasteiger partial charge in [0.2, 0.25) is 0 Å².